The average Bonchev–Trinajstić information content (AvgIpc) is 2.15. The quantitative estimate of drug-likeness (QED) is 0.768. The molecule has 1 unspecified atom stereocenters. The fraction of sp³-hybridized carbons (Fsp3) is 0.538. The lowest BCUT2D eigenvalue weighted by atomic mass is 10.0. The largest absolute Gasteiger partial charge is 0.308 e. The highest BCUT2D eigenvalue weighted by Crippen LogP contribution is 2.17. The molecule has 1 heteroatoms. The maximum atomic E-state index is 3.57. The number of hydrogen-bond donors (Lipinski definition) is 1. The Morgan fingerprint density at radius 1 is 1.14 bits per heavy atom. The third-order valence-corrected chi connectivity index (χ3v) is 2.42. The van der Waals surface area contributed by atoms with E-state index < -0.39 is 0 Å². The summed E-state index contributed by atoms with van der Waals surface area (Å²) >= 11 is 0. The summed E-state index contributed by atoms with van der Waals surface area (Å²) in [5.41, 5.74) is 2.72. The van der Waals surface area contributed by atoms with Gasteiger partial charge in [0.15, 0.2) is 0 Å². The van der Waals surface area contributed by atoms with Gasteiger partial charge in [-0.25, -0.2) is 0 Å². The van der Waals surface area contributed by atoms with Crippen LogP contribution in [0.15, 0.2) is 24.3 Å². The summed E-state index contributed by atoms with van der Waals surface area (Å²) in [6.07, 6.45) is 1.14. The second-order valence-electron chi connectivity index (χ2n) is 4.19. The van der Waals surface area contributed by atoms with E-state index in [1.807, 2.05) is 0 Å². The Bertz CT molecular complexity index is 261. The summed E-state index contributed by atoms with van der Waals surface area (Å²) in [6.45, 7) is 8.73. The molecule has 1 atom stereocenters. The minimum absolute atomic E-state index is 0.496. The Morgan fingerprint density at radius 3 is 2.14 bits per heavy atom. The van der Waals surface area contributed by atoms with E-state index in [9.17, 15) is 0 Å². The highest BCUT2D eigenvalue weighted by molar-refractivity contribution is 5.24. The molecule has 1 aromatic rings. The first-order chi connectivity index (χ1) is 6.63. The summed E-state index contributed by atoms with van der Waals surface area (Å²) in [4.78, 5) is 0. The predicted octanol–water partition coefficient (Wildman–Crippen LogP) is 3.44. The van der Waals surface area contributed by atoms with E-state index in [0.29, 0.717) is 12.1 Å². The zero-order valence-electron chi connectivity index (χ0n) is 9.67. The van der Waals surface area contributed by atoms with Crippen LogP contribution < -0.4 is 5.32 Å². The smallest absolute Gasteiger partial charge is 0.0319 e. The molecule has 0 fully saturated rings. The highest BCUT2D eigenvalue weighted by Gasteiger charge is 2.08. The molecular formula is C13H21N. The Hall–Kier alpha value is -0.820. The lowest BCUT2D eigenvalue weighted by Crippen LogP contribution is -2.27. The molecule has 0 aliphatic heterocycles. The number of nitrogens with one attached hydrogen (secondary N) is 1. The predicted molar refractivity (Wildman–Crippen MR) is 62.5 cm³/mol. The molecule has 0 aliphatic carbocycles. The lowest BCUT2D eigenvalue weighted by Gasteiger charge is -2.20. The molecule has 78 valence electrons. The average molecular weight is 191 g/mol. The van der Waals surface area contributed by atoms with E-state index in [4.69, 9.17) is 0 Å². The molecule has 0 aliphatic rings. The van der Waals surface area contributed by atoms with Crippen molar-refractivity contribution in [3.63, 3.8) is 0 Å². The molecule has 0 bridgehead atoms. The SMILES string of the molecule is CCC(NC(C)C)c1ccc(C)cc1. The lowest BCUT2D eigenvalue weighted by molar-refractivity contribution is 0.466. The van der Waals surface area contributed by atoms with Crippen molar-refractivity contribution in [2.24, 2.45) is 0 Å². The maximum absolute atomic E-state index is 3.57. The van der Waals surface area contributed by atoms with Gasteiger partial charge in [0, 0.05) is 12.1 Å². The molecule has 0 radical (unpaired) electrons. The zero-order valence-corrected chi connectivity index (χ0v) is 9.67. The van der Waals surface area contributed by atoms with Crippen LogP contribution in [0.1, 0.15) is 44.4 Å². The molecule has 0 heterocycles. The number of rotatable bonds is 4. The van der Waals surface area contributed by atoms with E-state index in [-0.39, 0.29) is 0 Å². The van der Waals surface area contributed by atoms with Crippen LogP contribution in [0.3, 0.4) is 0 Å². The summed E-state index contributed by atoms with van der Waals surface area (Å²) in [5.74, 6) is 0. The van der Waals surface area contributed by atoms with Crippen molar-refractivity contribution in [2.45, 2.75) is 46.2 Å². The monoisotopic (exact) mass is 191 g/mol. The third kappa shape index (κ3) is 3.15. The van der Waals surface area contributed by atoms with E-state index in [0.717, 1.165) is 6.42 Å². The van der Waals surface area contributed by atoms with Crippen molar-refractivity contribution in [3.8, 4) is 0 Å². The van der Waals surface area contributed by atoms with Gasteiger partial charge in [-0.1, -0.05) is 50.6 Å². The first-order valence-electron chi connectivity index (χ1n) is 5.46. The van der Waals surface area contributed by atoms with Gasteiger partial charge in [-0.3, -0.25) is 0 Å². The molecule has 0 saturated heterocycles. The fourth-order valence-corrected chi connectivity index (χ4v) is 1.65. The minimum Gasteiger partial charge on any atom is -0.308 e. The minimum atomic E-state index is 0.496. The van der Waals surface area contributed by atoms with Crippen molar-refractivity contribution in [3.05, 3.63) is 35.4 Å². The van der Waals surface area contributed by atoms with Crippen LogP contribution in [-0.4, -0.2) is 6.04 Å². The van der Waals surface area contributed by atoms with Crippen LogP contribution >= 0.6 is 0 Å². The maximum Gasteiger partial charge on any atom is 0.0319 e. The molecule has 0 amide bonds. The Kier molecular flexibility index (Phi) is 4.15. The molecule has 1 nitrogen and oxygen atoms in total. The van der Waals surface area contributed by atoms with Gasteiger partial charge in [0.05, 0.1) is 0 Å². The first-order valence-corrected chi connectivity index (χ1v) is 5.46. The topological polar surface area (TPSA) is 12.0 Å². The molecule has 0 saturated carbocycles. The summed E-state index contributed by atoms with van der Waals surface area (Å²) in [5, 5.41) is 3.57. The van der Waals surface area contributed by atoms with Gasteiger partial charge in [0.2, 0.25) is 0 Å². The first kappa shape index (κ1) is 11.3. The van der Waals surface area contributed by atoms with Gasteiger partial charge < -0.3 is 5.32 Å². The molecule has 0 spiro atoms. The van der Waals surface area contributed by atoms with Crippen LogP contribution in [-0.2, 0) is 0 Å². The number of aryl methyl sites for hydroxylation is 1. The fourth-order valence-electron chi connectivity index (χ4n) is 1.65. The standard InChI is InChI=1S/C13H21N/c1-5-13(14-10(2)3)12-8-6-11(4)7-9-12/h6-10,13-14H,5H2,1-4H3. The van der Waals surface area contributed by atoms with Crippen LogP contribution in [0.5, 0.6) is 0 Å². The summed E-state index contributed by atoms with van der Waals surface area (Å²) in [6, 6.07) is 9.84. The second-order valence-corrected chi connectivity index (χ2v) is 4.19. The van der Waals surface area contributed by atoms with Crippen molar-refractivity contribution < 1.29 is 0 Å². The van der Waals surface area contributed by atoms with Gasteiger partial charge in [-0.05, 0) is 18.9 Å². The van der Waals surface area contributed by atoms with Gasteiger partial charge in [-0.15, -0.1) is 0 Å². The van der Waals surface area contributed by atoms with Crippen molar-refractivity contribution >= 4 is 0 Å². The van der Waals surface area contributed by atoms with Crippen LogP contribution in [0.4, 0.5) is 0 Å². The van der Waals surface area contributed by atoms with Crippen molar-refractivity contribution in [1.82, 2.24) is 5.32 Å². The Labute approximate surface area is 87.5 Å². The van der Waals surface area contributed by atoms with Crippen molar-refractivity contribution in [1.29, 1.82) is 0 Å². The van der Waals surface area contributed by atoms with E-state index >= 15 is 0 Å². The Morgan fingerprint density at radius 2 is 1.71 bits per heavy atom. The van der Waals surface area contributed by atoms with Crippen LogP contribution in [0.2, 0.25) is 0 Å². The highest BCUT2D eigenvalue weighted by atomic mass is 14.9. The van der Waals surface area contributed by atoms with E-state index in [1.165, 1.54) is 11.1 Å². The van der Waals surface area contributed by atoms with E-state index in [2.05, 4.69) is 57.3 Å². The number of benzene rings is 1. The van der Waals surface area contributed by atoms with Gasteiger partial charge in [0.1, 0.15) is 0 Å². The zero-order chi connectivity index (χ0) is 10.6. The van der Waals surface area contributed by atoms with Gasteiger partial charge in [0.25, 0.3) is 0 Å². The number of hydrogen-bond acceptors (Lipinski definition) is 1. The Balaban J connectivity index is 2.73. The van der Waals surface area contributed by atoms with Crippen molar-refractivity contribution in [2.75, 3.05) is 0 Å². The summed E-state index contributed by atoms with van der Waals surface area (Å²) in [7, 11) is 0. The third-order valence-electron chi connectivity index (χ3n) is 2.42. The van der Waals surface area contributed by atoms with Crippen LogP contribution in [0, 0.1) is 6.92 Å². The molecular weight excluding hydrogens is 170 g/mol. The molecule has 1 N–H and O–H groups in total. The van der Waals surface area contributed by atoms with Gasteiger partial charge >= 0.3 is 0 Å². The van der Waals surface area contributed by atoms with Gasteiger partial charge in [-0.2, -0.15) is 0 Å². The van der Waals surface area contributed by atoms with E-state index in [1.54, 1.807) is 0 Å². The second kappa shape index (κ2) is 5.16. The molecule has 0 aromatic heterocycles. The normalized spacial score (nSPS) is 13.2. The van der Waals surface area contributed by atoms with Crippen LogP contribution in [0.25, 0.3) is 0 Å². The summed E-state index contributed by atoms with van der Waals surface area (Å²) < 4.78 is 0. The molecule has 1 rings (SSSR count). The molecule has 1 aromatic carbocycles. The molecule has 14 heavy (non-hydrogen) atoms.